The maximum absolute atomic E-state index is 13.1. The summed E-state index contributed by atoms with van der Waals surface area (Å²) < 4.78 is 16.3. The van der Waals surface area contributed by atoms with Crippen LogP contribution in [-0.2, 0) is 17.9 Å². The number of nitrogens with one attached hydrogen (secondary N) is 1. The Bertz CT molecular complexity index is 1520. The fourth-order valence-corrected chi connectivity index (χ4v) is 4.21. The zero-order valence-corrected chi connectivity index (χ0v) is 19.9. The van der Waals surface area contributed by atoms with E-state index in [1.165, 1.54) is 17.7 Å². The molecule has 1 N–H and O–H groups in total. The first kappa shape index (κ1) is 22.7. The molecule has 0 fully saturated rings. The second-order valence-electron chi connectivity index (χ2n) is 8.36. The molecule has 1 amide bonds. The van der Waals surface area contributed by atoms with Gasteiger partial charge in [0, 0.05) is 17.8 Å². The topological polar surface area (TPSA) is 77.6 Å². The molecule has 0 aliphatic carbocycles. The number of carbonyl (C=O) groups is 1. The Morgan fingerprint density at radius 3 is 2.51 bits per heavy atom. The first-order valence-corrected chi connectivity index (χ1v) is 11.4. The lowest BCUT2D eigenvalue weighted by Gasteiger charge is -2.06. The number of amides is 1. The number of fused-ring (bicyclic) bond motifs is 1. The summed E-state index contributed by atoms with van der Waals surface area (Å²) in [7, 11) is 0. The number of aryl methyl sites for hydroxylation is 2. The lowest BCUT2D eigenvalue weighted by molar-refractivity contribution is -0.116. The van der Waals surface area contributed by atoms with Crippen LogP contribution in [0, 0.1) is 19.7 Å². The van der Waals surface area contributed by atoms with Crippen molar-refractivity contribution in [2.24, 2.45) is 0 Å². The van der Waals surface area contributed by atoms with E-state index in [0.717, 1.165) is 27.8 Å². The number of aromatic nitrogens is 5. The fraction of sp³-hybridized carbons (Fsp3) is 0.154. The van der Waals surface area contributed by atoms with Crippen LogP contribution in [0.3, 0.4) is 0 Å². The van der Waals surface area contributed by atoms with Crippen LogP contribution < -0.4 is 5.32 Å². The Kier molecular flexibility index (Phi) is 6.05. The van der Waals surface area contributed by atoms with E-state index in [-0.39, 0.29) is 24.1 Å². The lowest BCUT2D eigenvalue weighted by Crippen LogP contribution is -2.20. The quantitative estimate of drug-likeness (QED) is 0.347. The lowest BCUT2D eigenvalue weighted by atomic mass is 10.0. The molecular formula is C26H22ClFN6O. The van der Waals surface area contributed by atoms with Crippen molar-refractivity contribution in [1.82, 2.24) is 24.5 Å². The van der Waals surface area contributed by atoms with Crippen molar-refractivity contribution in [3.05, 3.63) is 94.7 Å². The third-order valence-electron chi connectivity index (χ3n) is 5.70. The molecule has 0 saturated carbocycles. The highest BCUT2D eigenvalue weighted by atomic mass is 35.5. The SMILES string of the molecule is Cc1ccc(-c2ccnc3c2c(C)nn3CC(=O)Nc2nn(Cc3ccc(F)cc3)cc2Cl)cc1. The molecule has 176 valence electrons. The molecule has 0 saturated heterocycles. The van der Waals surface area contributed by atoms with E-state index >= 15 is 0 Å². The van der Waals surface area contributed by atoms with Gasteiger partial charge in [-0.15, -0.1) is 0 Å². The van der Waals surface area contributed by atoms with Gasteiger partial charge in [0.15, 0.2) is 11.5 Å². The molecule has 7 nitrogen and oxygen atoms in total. The van der Waals surface area contributed by atoms with Crippen molar-refractivity contribution in [3.8, 4) is 11.1 Å². The first-order chi connectivity index (χ1) is 16.9. The van der Waals surface area contributed by atoms with E-state index in [1.807, 2.05) is 19.9 Å². The number of carbonyl (C=O) groups excluding carboxylic acids is 1. The third kappa shape index (κ3) is 4.79. The Balaban J connectivity index is 1.35. The summed E-state index contributed by atoms with van der Waals surface area (Å²) in [6.45, 7) is 4.30. The number of hydrogen-bond acceptors (Lipinski definition) is 4. The number of benzene rings is 2. The van der Waals surface area contributed by atoms with Gasteiger partial charge < -0.3 is 5.32 Å². The van der Waals surface area contributed by atoms with Crippen molar-refractivity contribution >= 4 is 34.4 Å². The Morgan fingerprint density at radius 1 is 1.03 bits per heavy atom. The molecule has 2 aromatic carbocycles. The van der Waals surface area contributed by atoms with Gasteiger partial charge >= 0.3 is 0 Å². The number of rotatable bonds is 6. The van der Waals surface area contributed by atoms with E-state index in [2.05, 4.69) is 44.8 Å². The van der Waals surface area contributed by atoms with E-state index in [1.54, 1.807) is 33.9 Å². The zero-order valence-electron chi connectivity index (χ0n) is 19.2. The van der Waals surface area contributed by atoms with Crippen molar-refractivity contribution in [3.63, 3.8) is 0 Å². The summed E-state index contributed by atoms with van der Waals surface area (Å²) in [4.78, 5) is 17.3. The van der Waals surface area contributed by atoms with Crippen molar-refractivity contribution in [2.75, 3.05) is 5.32 Å². The summed E-state index contributed by atoms with van der Waals surface area (Å²) in [6.07, 6.45) is 3.34. The van der Waals surface area contributed by atoms with Gasteiger partial charge in [-0.3, -0.25) is 9.48 Å². The Labute approximate surface area is 206 Å². The summed E-state index contributed by atoms with van der Waals surface area (Å²) in [5.74, 6) is -0.381. The van der Waals surface area contributed by atoms with Gasteiger partial charge in [-0.2, -0.15) is 10.2 Å². The standard InChI is InChI=1S/C26H22ClFN6O/c1-16-3-7-19(8-4-16)21-11-12-29-26-24(21)17(2)31-34(26)15-23(35)30-25-22(27)14-33(32-25)13-18-5-9-20(28)10-6-18/h3-12,14H,13,15H2,1-2H3,(H,30,32,35). The van der Waals surface area contributed by atoms with Crippen LogP contribution in [0.25, 0.3) is 22.2 Å². The largest absolute Gasteiger partial charge is 0.306 e. The van der Waals surface area contributed by atoms with Gasteiger partial charge in [-0.05, 0) is 48.7 Å². The van der Waals surface area contributed by atoms with Crippen molar-refractivity contribution in [1.29, 1.82) is 0 Å². The average Bonchev–Trinajstić information content (AvgIpc) is 3.34. The third-order valence-corrected chi connectivity index (χ3v) is 5.97. The van der Waals surface area contributed by atoms with Crippen LogP contribution in [0.4, 0.5) is 10.2 Å². The number of nitrogens with zero attached hydrogens (tertiary/aromatic N) is 5. The molecule has 5 rings (SSSR count). The molecule has 0 aliphatic rings. The Hall–Kier alpha value is -4.04. The number of anilines is 1. The molecular weight excluding hydrogens is 467 g/mol. The molecule has 35 heavy (non-hydrogen) atoms. The zero-order chi connectivity index (χ0) is 24.5. The number of hydrogen-bond donors (Lipinski definition) is 1. The van der Waals surface area contributed by atoms with Gasteiger partial charge in [0.2, 0.25) is 5.91 Å². The van der Waals surface area contributed by atoms with Crippen LogP contribution in [0.5, 0.6) is 0 Å². The smallest absolute Gasteiger partial charge is 0.247 e. The molecule has 0 spiro atoms. The highest BCUT2D eigenvalue weighted by Gasteiger charge is 2.17. The molecule has 3 heterocycles. The summed E-state index contributed by atoms with van der Waals surface area (Å²) >= 11 is 6.29. The highest BCUT2D eigenvalue weighted by Crippen LogP contribution is 2.30. The van der Waals surface area contributed by atoms with E-state index in [0.29, 0.717) is 17.2 Å². The Morgan fingerprint density at radius 2 is 1.77 bits per heavy atom. The van der Waals surface area contributed by atoms with Gasteiger partial charge in [0.1, 0.15) is 17.4 Å². The van der Waals surface area contributed by atoms with Crippen LogP contribution >= 0.6 is 11.6 Å². The monoisotopic (exact) mass is 488 g/mol. The minimum atomic E-state index is -0.328. The van der Waals surface area contributed by atoms with Crippen molar-refractivity contribution < 1.29 is 9.18 Å². The molecule has 0 aliphatic heterocycles. The van der Waals surface area contributed by atoms with Gasteiger partial charge in [0.25, 0.3) is 0 Å². The summed E-state index contributed by atoms with van der Waals surface area (Å²) in [5, 5.41) is 12.9. The first-order valence-electron chi connectivity index (χ1n) is 11.0. The second-order valence-corrected chi connectivity index (χ2v) is 8.77. The molecule has 5 aromatic rings. The van der Waals surface area contributed by atoms with Crippen LogP contribution in [0.2, 0.25) is 5.02 Å². The van der Waals surface area contributed by atoms with Crippen molar-refractivity contribution in [2.45, 2.75) is 26.9 Å². The van der Waals surface area contributed by atoms with Gasteiger partial charge in [-0.1, -0.05) is 53.6 Å². The molecule has 0 unspecified atom stereocenters. The molecule has 3 aromatic heterocycles. The van der Waals surface area contributed by atoms with Gasteiger partial charge in [-0.25, -0.2) is 14.1 Å². The maximum atomic E-state index is 13.1. The second kappa shape index (κ2) is 9.31. The molecule has 0 atom stereocenters. The van der Waals surface area contributed by atoms with Crippen LogP contribution in [0.1, 0.15) is 16.8 Å². The summed E-state index contributed by atoms with van der Waals surface area (Å²) in [6, 6.07) is 16.3. The number of pyridine rings is 1. The normalized spacial score (nSPS) is 11.2. The minimum absolute atomic E-state index is 0.0458. The van der Waals surface area contributed by atoms with Crippen LogP contribution in [-0.4, -0.2) is 30.5 Å². The average molecular weight is 489 g/mol. The van der Waals surface area contributed by atoms with Crippen LogP contribution in [0.15, 0.2) is 67.0 Å². The predicted molar refractivity (Wildman–Crippen MR) is 134 cm³/mol. The fourth-order valence-electron chi connectivity index (χ4n) is 4.01. The van der Waals surface area contributed by atoms with Gasteiger partial charge in [0.05, 0.1) is 12.2 Å². The van der Waals surface area contributed by atoms with E-state index in [9.17, 15) is 9.18 Å². The maximum Gasteiger partial charge on any atom is 0.247 e. The summed E-state index contributed by atoms with van der Waals surface area (Å²) in [5.41, 5.74) is 5.54. The predicted octanol–water partition coefficient (Wildman–Crippen LogP) is 5.39. The molecule has 0 bridgehead atoms. The minimum Gasteiger partial charge on any atom is -0.306 e. The molecule has 9 heteroatoms. The number of halogens is 2. The van der Waals surface area contributed by atoms with E-state index in [4.69, 9.17) is 11.6 Å². The molecule has 0 radical (unpaired) electrons. The highest BCUT2D eigenvalue weighted by molar-refractivity contribution is 6.33. The van der Waals surface area contributed by atoms with E-state index < -0.39 is 0 Å².